The van der Waals surface area contributed by atoms with Crippen LogP contribution >= 0.6 is 0 Å². The summed E-state index contributed by atoms with van der Waals surface area (Å²) >= 11 is 0. The Morgan fingerprint density at radius 2 is 1.74 bits per heavy atom. The fourth-order valence-electron chi connectivity index (χ4n) is 4.51. The predicted octanol–water partition coefficient (Wildman–Crippen LogP) is 3.55. The van der Waals surface area contributed by atoms with Crippen LogP contribution in [-0.4, -0.2) is 41.9 Å². The minimum Gasteiger partial charge on any atom is -0.343 e. The molecule has 1 aliphatic heterocycles. The second-order valence-corrected chi connectivity index (χ2v) is 9.15. The Morgan fingerprint density at radius 1 is 1.09 bits per heavy atom. The third-order valence-corrected chi connectivity index (χ3v) is 6.73. The molecule has 1 saturated heterocycles. The number of benzene rings is 2. The van der Waals surface area contributed by atoms with Crippen molar-refractivity contribution in [2.45, 2.75) is 55.8 Å². The predicted molar refractivity (Wildman–Crippen MR) is 118 cm³/mol. The number of nitrogens with two attached hydrogens (primary N) is 1. The maximum absolute atomic E-state index is 14.7. The molecule has 0 bridgehead atoms. The summed E-state index contributed by atoms with van der Waals surface area (Å²) in [6, 6.07) is 10.6. The largest absolute Gasteiger partial charge is 0.416 e. The second-order valence-electron chi connectivity index (χ2n) is 9.15. The molecule has 34 heavy (non-hydrogen) atoms. The molecule has 0 unspecified atom stereocenters. The van der Waals surface area contributed by atoms with Gasteiger partial charge in [0.05, 0.1) is 11.0 Å². The summed E-state index contributed by atoms with van der Waals surface area (Å²) in [4.78, 5) is 28.3. The molecule has 2 fully saturated rings. The van der Waals surface area contributed by atoms with Crippen LogP contribution in [0, 0.1) is 5.82 Å². The normalized spacial score (nSPS) is 18.9. The molecule has 1 saturated carbocycles. The van der Waals surface area contributed by atoms with E-state index in [1.165, 1.54) is 0 Å². The van der Waals surface area contributed by atoms with E-state index in [1.54, 1.807) is 4.90 Å². The summed E-state index contributed by atoms with van der Waals surface area (Å²) in [6.45, 7) is 0.972. The molecule has 9 heteroatoms. The minimum atomic E-state index is -4.68. The molecule has 2 amide bonds. The summed E-state index contributed by atoms with van der Waals surface area (Å²) in [7, 11) is 0. The molecule has 0 spiro atoms. The highest BCUT2D eigenvalue weighted by Gasteiger charge is 2.53. The van der Waals surface area contributed by atoms with Crippen molar-refractivity contribution in [1.82, 2.24) is 10.2 Å². The molecule has 2 aromatic carbocycles. The summed E-state index contributed by atoms with van der Waals surface area (Å²) in [6.07, 6.45) is -2.50. The summed E-state index contributed by atoms with van der Waals surface area (Å²) in [5.74, 6) is -1.86. The van der Waals surface area contributed by atoms with Crippen molar-refractivity contribution in [2.24, 2.45) is 5.73 Å². The Kier molecular flexibility index (Phi) is 6.66. The summed E-state index contributed by atoms with van der Waals surface area (Å²) < 4.78 is 53.5. The number of carbonyl (C=O) groups is 2. The van der Waals surface area contributed by atoms with E-state index in [9.17, 15) is 27.2 Å². The lowest BCUT2D eigenvalue weighted by Gasteiger charge is -2.33. The first-order valence-electron chi connectivity index (χ1n) is 11.4. The fourth-order valence-corrected chi connectivity index (χ4v) is 4.51. The molecule has 1 atom stereocenters. The molecule has 1 aliphatic carbocycles. The van der Waals surface area contributed by atoms with Gasteiger partial charge in [0.15, 0.2) is 0 Å². The van der Waals surface area contributed by atoms with E-state index in [0.717, 1.165) is 17.7 Å². The van der Waals surface area contributed by atoms with Crippen molar-refractivity contribution >= 4 is 11.8 Å². The van der Waals surface area contributed by atoms with Crippen molar-refractivity contribution in [3.05, 3.63) is 71.0 Å². The summed E-state index contributed by atoms with van der Waals surface area (Å²) in [5.41, 5.74) is 4.34. The zero-order chi connectivity index (χ0) is 24.5. The molecule has 2 aliphatic rings. The van der Waals surface area contributed by atoms with Crippen molar-refractivity contribution < 1.29 is 27.2 Å². The van der Waals surface area contributed by atoms with Crippen LogP contribution in [0.2, 0.25) is 0 Å². The number of hydrogen-bond donors (Lipinski definition) is 2. The van der Waals surface area contributed by atoms with E-state index in [1.807, 2.05) is 30.3 Å². The van der Waals surface area contributed by atoms with Crippen LogP contribution in [0.3, 0.4) is 0 Å². The third kappa shape index (κ3) is 5.09. The molecule has 1 heterocycles. The quantitative estimate of drug-likeness (QED) is 0.625. The zero-order valence-electron chi connectivity index (χ0n) is 18.6. The lowest BCUT2D eigenvalue weighted by Crippen LogP contribution is -2.54. The number of rotatable bonds is 6. The first-order valence-corrected chi connectivity index (χ1v) is 11.4. The van der Waals surface area contributed by atoms with Crippen LogP contribution in [0.15, 0.2) is 48.5 Å². The molecule has 3 N–H and O–H groups in total. The molecule has 0 radical (unpaired) electrons. The van der Waals surface area contributed by atoms with Gasteiger partial charge in [0.25, 0.3) is 0 Å². The smallest absolute Gasteiger partial charge is 0.343 e. The van der Waals surface area contributed by atoms with E-state index >= 15 is 0 Å². The molecule has 182 valence electrons. The molecular weight excluding hydrogens is 450 g/mol. The molecule has 5 nitrogen and oxygen atoms in total. The maximum Gasteiger partial charge on any atom is 0.416 e. The molecule has 2 aromatic rings. The second kappa shape index (κ2) is 9.37. The lowest BCUT2D eigenvalue weighted by atomic mass is 9.92. The number of nitrogens with one attached hydrogen (secondary N) is 1. The van der Waals surface area contributed by atoms with Crippen LogP contribution in [0.25, 0.3) is 0 Å². The Labute approximate surface area is 195 Å². The van der Waals surface area contributed by atoms with E-state index in [-0.39, 0.29) is 23.9 Å². The van der Waals surface area contributed by atoms with E-state index in [2.05, 4.69) is 5.32 Å². The zero-order valence-corrected chi connectivity index (χ0v) is 18.6. The monoisotopic (exact) mass is 477 g/mol. The van der Waals surface area contributed by atoms with Gasteiger partial charge in [0.1, 0.15) is 11.9 Å². The van der Waals surface area contributed by atoms with Gasteiger partial charge in [0, 0.05) is 31.1 Å². The van der Waals surface area contributed by atoms with Gasteiger partial charge in [-0.15, -0.1) is 0 Å². The fraction of sp³-hybridized carbons (Fsp3) is 0.440. The first kappa shape index (κ1) is 24.2. The highest BCUT2D eigenvalue weighted by atomic mass is 19.4. The average Bonchev–Trinajstić information content (AvgIpc) is 3.60. The Hall–Kier alpha value is -2.94. The minimum absolute atomic E-state index is 0.0311. The van der Waals surface area contributed by atoms with Crippen LogP contribution in [0.5, 0.6) is 0 Å². The topological polar surface area (TPSA) is 75.4 Å². The van der Waals surface area contributed by atoms with Gasteiger partial charge in [-0.25, -0.2) is 4.39 Å². The molecule has 0 aromatic heterocycles. The Balaban J connectivity index is 1.56. The van der Waals surface area contributed by atoms with Crippen molar-refractivity contribution in [1.29, 1.82) is 0 Å². The summed E-state index contributed by atoms with van der Waals surface area (Å²) in [5, 5.41) is 2.80. The van der Waals surface area contributed by atoms with Crippen molar-refractivity contribution in [3.8, 4) is 0 Å². The lowest BCUT2D eigenvalue weighted by molar-refractivity contribution is -0.138. The number of piperidine rings is 1. The number of hydrogen-bond acceptors (Lipinski definition) is 3. The number of halogens is 4. The number of likely N-dealkylation sites (tertiary alicyclic amines) is 1. The van der Waals surface area contributed by atoms with Gasteiger partial charge in [0.2, 0.25) is 11.8 Å². The van der Waals surface area contributed by atoms with Gasteiger partial charge in [-0.05, 0) is 43.4 Å². The van der Waals surface area contributed by atoms with Gasteiger partial charge >= 0.3 is 6.18 Å². The molecular formula is C25H27F4N3O2. The highest BCUT2D eigenvalue weighted by Crippen LogP contribution is 2.50. The SMILES string of the molecule is NC1CCN(C(=O)[C@H](Cc2ccccc2)NC(=O)C2(c3ccc(C(F)(F)F)cc3F)CC2)CC1. The van der Waals surface area contributed by atoms with Crippen molar-refractivity contribution in [3.63, 3.8) is 0 Å². The number of alkyl halides is 3. The standard InChI is InChI=1S/C25H27F4N3O2/c26-20-15-17(25(27,28)29)6-7-19(20)24(10-11-24)23(34)31-21(14-16-4-2-1-3-5-16)22(33)32-12-8-18(30)9-13-32/h1-7,15,18,21H,8-14,30H2,(H,31,34)/t21-/m0/s1. The number of carbonyl (C=O) groups excluding carboxylic acids is 2. The first-order chi connectivity index (χ1) is 16.1. The van der Waals surface area contributed by atoms with Gasteiger partial charge in [-0.2, -0.15) is 13.2 Å². The van der Waals surface area contributed by atoms with Gasteiger partial charge in [-0.1, -0.05) is 36.4 Å². The third-order valence-electron chi connectivity index (χ3n) is 6.73. The van der Waals surface area contributed by atoms with Gasteiger partial charge < -0.3 is 16.0 Å². The Bertz CT molecular complexity index is 1050. The van der Waals surface area contributed by atoms with Crippen LogP contribution in [-0.2, 0) is 27.6 Å². The van der Waals surface area contributed by atoms with Crippen LogP contribution in [0.1, 0.15) is 42.4 Å². The van der Waals surface area contributed by atoms with Gasteiger partial charge in [-0.3, -0.25) is 9.59 Å². The van der Waals surface area contributed by atoms with E-state index < -0.39 is 34.9 Å². The Morgan fingerprint density at radius 3 is 2.29 bits per heavy atom. The molecule has 4 rings (SSSR count). The highest BCUT2D eigenvalue weighted by molar-refractivity contribution is 5.95. The van der Waals surface area contributed by atoms with E-state index in [4.69, 9.17) is 5.73 Å². The van der Waals surface area contributed by atoms with Crippen LogP contribution in [0.4, 0.5) is 17.6 Å². The average molecular weight is 478 g/mol. The van der Waals surface area contributed by atoms with Crippen LogP contribution < -0.4 is 11.1 Å². The van der Waals surface area contributed by atoms with Crippen molar-refractivity contribution in [2.75, 3.05) is 13.1 Å². The number of amides is 2. The maximum atomic E-state index is 14.7. The number of nitrogens with zero attached hydrogens (tertiary/aromatic N) is 1. The van der Waals surface area contributed by atoms with E-state index in [0.29, 0.717) is 44.8 Å².